The van der Waals surface area contributed by atoms with Crippen molar-refractivity contribution in [1.29, 1.82) is 0 Å². The van der Waals surface area contributed by atoms with Gasteiger partial charge >= 0.3 is 0 Å². The Balaban J connectivity index is 0.00000364. The molecule has 0 bridgehead atoms. The second-order valence-electron chi connectivity index (χ2n) is 6.91. The van der Waals surface area contributed by atoms with Crippen molar-refractivity contribution in [3.63, 3.8) is 0 Å². The number of phenols is 2. The molecule has 0 aromatic heterocycles. The number of hydrogen-bond acceptors (Lipinski definition) is 5. The Morgan fingerprint density at radius 2 is 1.41 bits per heavy atom. The Morgan fingerprint density at radius 3 is 1.85 bits per heavy atom. The summed E-state index contributed by atoms with van der Waals surface area (Å²) in [5, 5.41) is 19.8. The van der Waals surface area contributed by atoms with Crippen molar-refractivity contribution in [2.45, 2.75) is 13.1 Å². The molecule has 0 saturated carbocycles. The number of carbonyl (C=O) groups is 1. The first-order valence-electron chi connectivity index (χ1n) is 8.42. The first-order valence-corrected chi connectivity index (χ1v) is 8.42. The van der Waals surface area contributed by atoms with Crippen molar-refractivity contribution in [2.24, 2.45) is 0 Å². The zero-order chi connectivity index (χ0) is 19.3. The summed E-state index contributed by atoms with van der Waals surface area (Å²) in [6.45, 7) is 1.10. The Labute approximate surface area is 167 Å². The fraction of sp³-hybridized carbons (Fsp3) is 0.286. The van der Waals surface area contributed by atoms with Gasteiger partial charge in [0.15, 0.2) is 5.78 Å². The third kappa shape index (κ3) is 6.71. The van der Waals surface area contributed by atoms with E-state index in [-0.39, 0.29) is 29.7 Å². The summed E-state index contributed by atoms with van der Waals surface area (Å²) in [4.78, 5) is 16.5. The number of nitrogens with zero attached hydrogens (tertiary/aromatic N) is 2. The Morgan fingerprint density at radius 1 is 0.926 bits per heavy atom. The molecule has 27 heavy (non-hydrogen) atoms. The SMILES string of the molecule is CN(C)Cc1cc(C(=O)/C=C/c2ccc(O)cc2)cc(CN(C)C)c1O.Cl. The smallest absolute Gasteiger partial charge is 0.185 e. The van der Waals surface area contributed by atoms with Crippen LogP contribution in [0.25, 0.3) is 6.08 Å². The number of hydrogen-bond donors (Lipinski definition) is 2. The lowest BCUT2D eigenvalue weighted by molar-refractivity contribution is 0.104. The summed E-state index contributed by atoms with van der Waals surface area (Å²) in [5.41, 5.74) is 2.84. The highest BCUT2D eigenvalue weighted by molar-refractivity contribution is 6.07. The normalized spacial score (nSPS) is 11.2. The molecule has 2 N–H and O–H groups in total. The van der Waals surface area contributed by atoms with E-state index < -0.39 is 0 Å². The van der Waals surface area contributed by atoms with Gasteiger partial charge in [-0.15, -0.1) is 12.4 Å². The predicted molar refractivity (Wildman–Crippen MR) is 112 cm³/mol. The average molecular weight is 391 g/mol. The highest BCUT2D eigenvalue weighted by Crippen LogP contribution is 2.27. The van der Waals surface area contributed by atoms with E-state index in [0.29, 0.717) is 18.7 Å². The zero-order valence-electron chi connectivity index (χ0n) is 16.1. The molecule has 0 spiro atoms. The average Bonchev–Trinajstić information content (AvgIpc) is 2.56. The molecule has 0 amide bonds. The topological polar surface area (TPSA) is 64.0 Å². The second-order valence-corrected chi connectivity index (χ2v) is 6.91. The van der Waals surface area contributed by atoms with Gasteiger partial charge in [-0.1, -0.05) is 18.2 Å². The van der Waals surface area contributed by atoms with E-state index >= 15 is 0 Å². The maximum atomic E-state index is 12.6. The molecule has 0 aliphatic rings. The number of ketones is 1. The van der Waals surface area contributed by atoms with Gasteiger partial charge in [-0.25, -0.2) is 0 Å². The molecule has 0 saturated heterocycles. The lowest BCUT2D eigenvalue weighted by Crippen LogP contribution is -2.15. The quantitative estimate of drug-likeness (QED) is 0.559. The van der Waals surface area contributed by atoms with Crippen LogP contribution in [0.15, 0.2) is 42.5 Å². The van der Waals surface area contributed by atoms with Crippen LogP contribution in [-0.2, 0) is 13.1 Å². The fourth-order valence-corrected chi connectivity index (χ4v) is 2.68. The molecule has 0 atom stereocenters. The van der Waals surface area contributed by atoms with Crippen LogP contribution < -0.4 is 0 Å². The molecule has 2 aromatic rings. The maximum absolute atomic E-state index is 12.6. The largest absolute Gasteiger partial charge is 0.508 e. The molecule has 2 rings (SSSR count). The van der Waals surface area contributed by atoms with Gasteiger partial charge in [0.05, 0.1) is 0 Å². The minimum atomic E-state index is -0.127. The molecule has 0 aliphatic heterocycles. The van der Waals surface area contributed by atoms with E-state index in [1.165, 1.54) is 6.08 Å². The molecule has 0 heterocycles. The number of benzene rings is 2. The summed E-state index contributed by atoms with van der Waals surface area (Å²) in [5.74, 6) is 0.304. The van der Waals surface area contributed by atoms with Crippen molar-refractivity contribution in [3.8, 4) is 11.5 Å². The van der Waals surface area contributed by atoms with Gasteiger partial charge in [-0.2, -0.15) is 0 Å². The van der Waals surface area contributed by atoms with E-state index in [9.17, 15) is 15.0 Å². The van der Waals surface area contributed by atoms with Crippen LogP contribution in [0.1, 0.15) is 27.0 Å². The molecule has 6 heteroatoms. The van der Waals surface area contributed by atoms with Crippen molar-refractivity contribution in [1.82, 2.24) is 9.80 Å². The van der Waals surface area contributed by atoms with Gasteiger partial charge in [0.1, 0.15) is 11.5 Å². The predicted octanol–water partition coefficient (Wildman–Crippen LogP) is 3.54. The van der Waals surface area contributed by atoms with Crippen LogP contribution in [-0.4, -0.2) is 54.0 Å². The fourth-order valence-electron chi connectivity index (χ4n) is 2.68. The second kappa shape index (κ2) is 10.1. The molecule has 0 fully saturated rings. The van der Waals surface area contributed by atoms with Crippen molar-refractivity contribution < 1.29 is 15.0 Å². The Hall–Kier alpha value is -2.34. The minimum Gasteiger partial charge on any atom is -0.508 e. The van der Waals surface area contributed by atoms with Crippen LogP contribution >= 0.6 is 12.4 Å². The van der Waals surface area contributed by atoms with Gasteiger partial charge in [-0.3, -0.25) is 4.79 Å². The summed E-state index contributed by atoms with van der Waals surface area (Å²) >= 11 is 0. The number of aromatic hydroxyl groups is 2. The number of phenolic OH excluding ortho intramolecular Hbond substituents is 2. The van der Waals surface area contributed by atoms with E-state index in [2.05, 4.69) is 0 Å². The van der Waals surface area contributed by atoms with Crippen LogP contribution in [0.4, 0.5) is 0 Å². The van der Waals surface area contributed by atoms with Gasteiger partial charge in [0.2, 0.25) is 0 Å². The summed E-state index contributed by atoms with van der Waals surface area (Å²) in [6.07, 6.45) is 3.23. The molecular formula is C21H27ClN2O3. The molecule has 0 radical (unpaired) electrons. The van der Waals surface area contributed by atoms with E-state index in [4.69, 9.17) is 0 Å². The number of halogens is 1. The molecular weight excluding hydrogens is 364 g/mol. The van der Waals surface area contributed by atoms with Gasteiger partial charge in [-0.05, 0) is 64.1 Å². The molecule has 5 nitrogen and oxygen atoms in total. The number of rotatable bonds is 7. The monoisotopic (exact) mass is 390 g/mol. The maximum Gasteiger partial charge on any atom is 0.185 e. The van der Waals surface area contributed by atoms with Gasteiger partial charge < -0.3 is 20.0 Å². The lowest BCUT2D eigenvalue weighted by atomic mass is 10.00. The highest BCUT2D eigenvalue weighted by Gasteiger charge is 2.14. The highest BCUT2D eigenvalue weighted by atomic mass is 35.5. The first-order chi connectivity index (χ1) is 12.3. The van der Waals surface area contributed by atoms with Gasteiger partial charge in [0, 0.05) is 29.8 Å². The van der Waals surface area contributed by atoms with Crippen molar-refractivity contribution in [3.05, 3.63) is 64.7 Å². The van der Waals surface area contributed by atoms with E-state index in [1.54, 1.807) is 42.5 Å². The minimum absolute atomic E-state index is 0. The Kier molecular flexibility index (Phi) is 8.50. The first kappa shape index (κ1) is 22.7. The molecule has 146 valence electrons. The summed E-state index contributed by atoms with van der Waals surface area (Å²) in [7, 11) is 7.68. The van der Waals surface area contributed by atoms with Crippen LogP contribution in [0.2, 0.25) is 0 Å². The number of allylic oxidation sites excluding steroid dienone is 1. The summed E-state index contributed by atoms with van der Waals surface area (Å²) in [6, 6.07) is 10.1. The molecule has 0 unspecified atom stereocenters. The summed E-state index contributed by atoms with van der Waals surface area (Å²) < 4.78 is 0. The zero-order valence-corrected chi connectivity index (χ0v) is 17.0. The van der Waals surface area contributed by atoms with Gasteiger partial charge in [0.25, 0.3) is 0 Å². The van der Waals surface area contributed by atoms with Crippen LogP contribution in [0, 0.1) is 0 Å². The molecule has 0 aliphatic carbocycles. The van der Waals surface area contributed by atoms with E-state index in [0.717, 1.165) is 16.7 Å². The van der Waals surface area contributed by atoms with Crippen LogP contribution in [0.3, 0.4) is 0 Å². The van der Waals surface area contributed by atoms with E-state index in [1.807, 2.05) is 38.0 Å². The standard InChI is InChI=1S/C21H26N2O3.ClH/c1-22(2)13-17-11-16(12-18(21(17)26)14-23(3)4)20(25)10-7-15-5-8-19(24)9-6-15;/h5-12,24,26H,13-14H2,1-4H3;1H/b10-7+;. The van der Waals surface area contributed by atoms with Crippen LogP contribution in [0.5, 0.6) is 11.5 Å². The van der Waals surface area contributed by atoms with Crippen molar-refractivity contribution in [2.75, 3.05) is 28.2 Å². The Bertz CT molecular complexity index is 769. The van der Waals surface area contributed by atoms with Crippen molar-refractivity contribution >= 4 is 24.3 Å². The third-order valence-electron chi connectivity index (χ3n) is 3.85. The third-order valence-corrected chi connectivity index (χ3v) is 3.85. The number of carbonyl (C=O) groups excluding carboxylic acids is 1. The molecule has 2 aromatic carbocycles. The lowest BCUT2D eigenvalue weighted by Gasteiger charge is -2.17.